The lowest BCUT2D eigenvalue weighted by atomic mass is 10.3. The number of rotatable bonds is 0. The van der Waals surface area contributed by atoms with Gasteiger partial charge in [0.1, 0.15) is 5.82 Å². The quantitative estimate of drug-likeness (QED) is 0.436. The first-order chi connectivity index (χ1) is 13.6. The molecule has 0 atom stereocenters. The second kappa shape index (κ2) is 14.7. The van der Waals surface area contributed by atoms with Crippen molar-refractivity contribution in [3.8, 4) is 0 Å². The van der Waals surface area contributed by atoms with Crippen LogP contribution in [0.15, 0.2) is 91.9 Å². The van der Waals surface area contributed by atoms with Crippen LogP contribution in [-0.4, -0.2) is 24.9 Å². The number of aryl methyl sites for hydroxylation is 4. The Balaban J connectivity index is 0.000000187. The Labute approximate surface area is 167 Å². The molecule has 0 aliphatic rings. The maximum absolute atomic E-state index is 3.98. The molecule has 0 amide bonds. The minimum absolute atomic E-state index is 0.822. The average molecular weight is 374 g/mol. The lowest BCUT2D eigenvalue weighted by Gasteiger charge is -1.82. The predicted octanol–water partition coefficient (Wildman–Crippen LogP) is 4.96. The van der Waals surface area contributed by atoms with Crippen LogP contribution in [0, 0.1) is 27.7 Å². The topological polar surface area (TPSA) is 64.5 Å². The third-order valence-corrected chi connectivity index (χ3v) is 3.16. The zero-order valence-electron chi connectivity index (χ0n) is 16.9. The summed E-state index contributed by atoms with van der Waals surface area (Å²) < 4.78 is 0. The maximum Gasteiger partial charge on any atom is 0.125 e. The highest BCUT2D eigenvalue weighted by atomic mass is 14.8. The highest BCUT2D eigenvalue weighted by Gasteiger charge is 1.75. The van der Waals surface area contributed by atoms with Crippen LogP contribution in [0.5, 0.6) is 0 Å². The SMILES string of the molecule is Cc1ccccn1.Cc1cccnc1.Cc1ccncc1.Cc1ncccn1. The fraction of sp³-hybridized carbons (Fsp3) is 0.174. The number of hydrogen-bond acceptors (Lipinski definition) is 5. The van der Waals surface area contributed by atoms with Gasteiger partial charge >= 0.3 is 0 Å². The first-order valence-electron chi connectivity index (χ1n) is 8.92. The predicted molar refractivity (Wildman–Crippen MR) is 114 cm³/mol. The average Bonchev–Trinajstić information content (AvgIpc) is 2.72. The van der Waals surface area contributed by atoms with E-state index < -0.39 is 0 Å². The first-order valence-corrected chi connectivity index (χ1v) is 8.92. The highest BCUT2D eigenvalue weighted by Crippen LogP contribution is 1.89. The Morgan fingerprint density at radius 3 is 1.46 bits per heavy atom. The molecule has 0 aromatic carbocycles. The van der Waals surface area contributed by atoms with E-state index in [9.17, 15) is 0 Å². The Morgan fingerprint density at radius 2 is 1.18 bits per heavy atom. The van der Waals surface area contributed by atoms with Gasteiger partial charge < -0.3 is 0 Å². The largest absolute Gasteiger partial charge is 0.265 e. The normalized spacial score (nSPS) is 8.71. The summed E-state index contributed by atoms with van der Waals surface area (Å²) in [5.41, 5.74) is 3.54. The molecule has 0 N–H and O–H groups in total. The standard InChI is InChI=1S/3C6H7N.C5H6N2/c1-6-2-4-7-5-3-6;1-6-3-2-4-7-5-6;1-6-4-2-3-5-7-6;1-5-6-3-2-4-7-5/h3*2-5H,1H3;2-4H,1H3. The van der Waals surface area contributed by atoms with Gasteiger partial charge in [-0.3, -0.25) is 15.0 Å². The van der Waals surface area contributed by atoms with Crippen LogP contribution in [0.25, 0.3) is 0 Å². The van der Waals surface area contributed by atoms with Crippen molar-refractivity contribution in [1.29, 1.82) is 0 Å². The second-order valence-electron chi connectivity index (χ2n) is 5.82. The Hall–Kier alpha value is -3.47. The molecule has 4 rings (SSSR count). The molecule has 5 nitrogen and oxygen atoms in total. The molecule has 0 fully saturated rings. The summed E-state index contributed by atoms with van der Waals surface area (Å²) in [7, 11) is 0. The van der Waals surface area contributed by atoms with Crippen molar-refractivity contribution >= 4 is 0 Å². The van der Waals surface area contributed by atoms with Crippen molar-refractivity contribution in [1.82, 2.24) is 24.9 Å². The molecule has 0 aliphatic heterocycles. The molecule has 0 bridgehead atoms. The van der Waals surface area contributed by atoms with Crippen LogP contribution in [0.2, 0.25) is 0 Å². The fourth-order valence-electron chi connectivity index (χ4n) is 1.70. The summed E-state index contributed by atoms with van der Waals surface area (Å²) >= 11 is 0. The molecule has 4 heterocycles. The zero-order chi connectivity index (χ0) is 20.5. The van der Waals surface area contributed by atoms with Crippen molar-refractivity contribution in [3.63, 3.8) is 0 Å². The van der Waals surface area contributed by atoms with Gasteiger partial charge in [0.25, 0.3) is 0 Å². The highest BCUT2D eigenvalue weighted by molar-refractivity contribution is 5.06. The molecular weight excluding hydrogens is 346 g/mol. The monoisotopic (exact) mass is 373 g/mol. The van der Waals surface area contributed by atoms with Gasteiger partial charge in [0.15, 0.2) is 0 Å². The summed E-state index contributed by atoms with van der Waals surface area (Å²) in [6, 6.07) is 15.5. The van der Waals surface area contributed by atoms with E-state index in [-0.39, 0.29) is 0 Å². The van der Waals surface area contributed by atoms with Crippen LogP contribution >= 0.6 is 0 Å². The fourth-order valence-corrected chi connectivity index (χ4v) is 1.70. The van der Waals surface area contributed by atoms with Gasteiger partial charge in [-0.05, 0) is 75.2 Å². The van der Waals surface area contributed by atoms with Crippen molar-refractivity contribution in [2.75, 3.05) is 0 Å². The van der Waals surface area contributed by atoms with Crippen molar-refractivity contribution in [2.45, 2.75) is 27.7 Å². The second-order valence-corrected chi connectivity index (χ2v) is 5.82. The summed E-state index contributed by atoms with van der Waals surface area (Å²) in [5, 5.41) is 0. The van der Waals surface area contributed by atoms with Crippen LogP contribution < -0.4 is 0 Å². The van der Waals surface area contributed by atoms with E-state index >= 15 is 0 Å². The van der Waals surface area contributed by atoms with Gasteiger partial charge in [0, 0.05) is 49.1 Å². The van der Waals surface area contributed by atoms with Crippen LogP contribution in [0.3, 0.4) is 0 Å². The Morgan fingerprint density at radius 1 is 0.500 bits per heavy atom. The number of aromatic nitrogens is 5. The zero-order valence-corrected chi connectivity index (χ0v) is 16.9. The first kappa shape index (κ1) is 22.6. The van der Waals surface area contributed by atoms with Gasteiger partial charge in [-0.2, -0.15) is 0 Å². The van der Waals surface area contributed by atoms with E-state index in [0.29, 0.717) is 0 Å². The van der Waals surface area contributed by atoms with Crippen molar-refractivity contribution in [3.05, 3.63) is 115 Å². The van der Waals surface area contributed by atoms with E-state index in [1.165, 1.54) is 11.1 Å². The van der Waals surface area contributed by atoms with E-state index in [2.05, 4.69) is 24.9 Å². The van der Waals surface area contributed by atoms with Crippen LogP contribution in [0.1, 0.15) is 22.6 Å². The van der Waals surface area contributed by atoms with Crippen LogP contribution in [0.4, 0.5) is 0 Å². The minimum atomic E-state index is 0.822. The van der Waals surface area contributed by atoms with Gasteiger partial charge in [-0.1, -0.05) is 12.1 Å². The molecule has 5 heteroatoms. The van der Waals surface area contributed by atoms with Gasteiger partial charge in [0.05, 0.1) is 0 Å². The lowest BCUT2D eigenvalue weighted by molar-refractivity contribution is 1.05. The number of pyridine rings is 3. The summed E-state index contributed by atoms with van der Waals surface area (Å²) in [6.45, 7) is 7.90. The molecule has 28 heavy (non-hydrogen) atoms. The maximum atomic E-state index is 3.98. The van der Waals surface area contributed by atoms with Crippen molar-refractivity contribution in [2.24, 2.45) is 0 Å². The molecule has 0 unspecified atom stereocenters. The minimum Gasteiger partial charge on any atom is -0.265 e. The van der Waals surface area contributed by atoms with Gasteiger partial charge in [0.2, 0.25) is 0 Å². The van der Waals surface area contributed by atoms with E-state index in [1.54, 1.807) is 43.2 Å². The van der Waals surface area contributed by atoms with Gasteiger partial charge in [-0.15, -0.1) is 0 Å². The van der Waals surface area contributed by atoms with Crippen LogP contribution in [-0.2, 0) is 0 Å². The van der Waals surface area contributed by atoms with Crippen molar-refractivity contribution < 1.29 is 0 Å². The molecule has 0 spiro atoms. The van der Waals surface area contributed by atoms with E-state index in [0.717, 1.165) is 11.5 Å². The number of nitrogens with zero attached hydrogens (tertiary/aromatic N) is 5. The van der Waals surface area contributed by atoms with E-state index in [1.807, 2.05) is 76.4 Å². The molecule has 0 radical (unpaired) electrons. The summed E-state index contributed by atoms with van der Waals surface area (Å²) in [6.07, 6.45) is 12.4. The van der Waals surface area contributed by atoms with E-state index in [4.69, 9.17) is 0 Å². The third-order valence-electron chi connectivity index (χ3n) is 3.16. The molecule has 4 aromatic heterocycles. The summed E-state index contributed by atoms with van der Waals surface area (Å²) in [4.78, 5) is 19.4. The third kappa shape index (κ3) is 12.8. The smallest absolute Gasteiger partial charge is 0.125 e. The Kier molecular flexibility index (Phi) is 11.8. The molecule has 4 aromatic rings. The molecule has 0 saturated heterocycles. The molecule has 0 aliphatic carbocycles. The number of hydrogen-bond donors (Lipinski definition) is 0. The lowest BCUT2D eigenvalue weighted by Crippen LogP contribution is -1.80. The molecule has 144 valence electrons. The van der Waals surface area contributed by atoms with Gasteiger partial charge in [-0.25, -0.2) is 9.97 Å². The Bertz CT molecular complexity index is 689. The summed E-state index contributed by atoms with van der Waals surface area (Å²) in [5.74, 6) is 0.822. The molecule has 0 saturated carbocycles. The molecular formula is C23H27N5.